The van der Waals surface area contributed by atoms with Crippen molar-refractivity contribution < 1.29 is 13.2 Å². The minimum Gasteiger partial charge on any atom is -0.496 e. The Morgan fingerprint density at radius 2 is 1.90 bits per heavy atom. The Kier molecular flexibility index (Phi) is 8.22. The lowest BCUT2D eigenvalue weighted by atomic mass is 9.87. The van der Waals surface area contributed by atoms with Gasteiger partial charge in [0.1, 0.15) is 5.75 Å². The van der Waals surface area contributed by atoms with Crippen molar-refractivity contribution >= 4 is 25.8 Å². The highest BCUT2D eigenvalue weighted by Gasteiger charge is 2.42. The van der Waals surface area contributed by atoms with Crippen molar-refractivity contribution in [3.05, 3.63) is 59.2 Å². The third kappa shape index (κ3) is 5.35. The standard InChI is InChI=1S/C25H34BrNO3S/c1-4-6-14-25(5-2)18-31(28,29)23-16-20(13-10-15-26)22(30-3)17-21(23)24(27-25)19-11-8-7-9-12-19/h7-9,11-12,16-17,24,27H,4-6,10,13-15,18H2,1-3H3. The van der Waals surface area contributed by atoms with Gasteiger partial charge in [0.2, 0.25) is 0 Å². The van der Waals surface area contributed by atoms with Gasteiger partial charge in [0.15, 0.2) is 9.84 Å². The molecule has 31 heavy (non-hydrogen) atoms. The second kappa shape index (κ2) is 10.5. The molecule has 2 unspecified atom stereocenters. The molecule has 0 bridgehead atoms. The van der Waals surface area contributed by atoms with Crippen molar-refractivity contribution in [3.8, 4) is 5.75 Å². The van der Waals surface area contributed by atoms with E-state index in [9.17, 15) is 8.42 Å². The Morgan fingerprint density at radius 3 is 2.52 bits per heavy atom. The maximum absolute atomic E-state index is 13.7. The van der Waals surface area contributed by atoms with Crippen LogP contribution in [0, 0.1) is 0 Å². The monoisotopic (exact) mass is 507 g/mol. The first-order valence-electron chi connectivity index (χ1n) is 11.2. The number of halogens is 1. The smallest absolute Gasteiger partial charge is 0.180 e. The lowest BCUT2D eigenvalue weighted by Gasteiger charge is -2.36. The highest BCUT2D eigenvalue weighted by molar-refractivity contribution is 9.09. The molecule has 3 rings (SSSR count). The zero-order valence-electron chi connectivity index (χ0n) is 18.8. The first-order chi connectivity index (χ1) is 14.9. The number of unbranched alkanes of at least 4 members (excludes halogenated alkanes) is 1. The van der Waals surface area contributed by atoms with Crippen molar-refractivity contribution in [2.45, 2.75) is 68.8 Å². The molecule has 170 valence electrons. The topological polar surface area (TPSA) is 55.4 Å². The van der Waals surface area contributed by atoms with Gasteiger partial charge < -0.3 is 4.74 Å². The maximum atomic E-state index is 13.7. The van der Waals surface area contributed by atoms with E-state index in [2.05, 4.69) is 47.2 Å². The molecule has 0 saturated carbocycles. The normalized spacial score (nSPS) is 22.5. The van der Waals surface area contributed by atoms with E-state index in [4.69, 9.17) is 4.74 Å². The Morgan fingerprint density at radius 1 is 1.16 bits per heavy atom. The van der Waals surface area contributed by atoms with Gasteiger partial charge in [0.05, 0.1) is 23.8 Å². The molecule has 0 aliphatic carbocycles. The van der Waals surface area contributed by atoms with Crippen LogP contribution in [-0.2, 0) is 16.3 Å². The minimum absolute atomic E-state index is 0.122. The van der Waals surface area contributed by atoms with Gasteiger partial charge in [-0.05, 0) is 54.5 Å². The maximum Gasteiger partial charge on any atom is 0.180 e. The van der Waals surface area contributed by atoms with Crippen LogP contribution >= 0.6 is 15.9 Å². The minimum atomic E-state index is -3.47. The molecular formula is C25H34BrNO3S. The third-order valence-corrected chi connectivity index (χ3v) is 8.89. The van der Waals surface area contributed by atoms with Crippen molar-refractivity contribution in [3.63, 3.8) is 0 Å². The molecule has 0 spiro atoms. The summed E-state index contributed by atoms with van der Waals surface area (Å²) in [6.07, 6.45) is 5.33. The molecule has 1 heterocycles. The SMILES string of the molecule is CCCCC1(CC)CS(=O)(=O)c2cc(CCCBr)c(OC)cc2C(c2ccccc2)N1. The van der Waals surface area contributed by atoms with Crippen LogP contribution in [0.5, 0.6) is 5.75 Å². The number of aryl methyl sites for hydroxylation is 1. The van der Waals surface area contributed by atoms with E-state index in [0.29, 0.717) is 4.90 Å². The number of hydrogen-bond donors (Lipinski definition) is 1. The Bertz CT molecular complexity index is 978. The molecule has 0 fully saturated rings. The number of nitrogens with one attached hydrogen (secondary N) is 1. The first kappa shape index (κ1) is 24.3. The summed E-state index contributed by atoms with van der Waals surface area (Å²) in [5, 5.41) is 4.68. The van der Waals surface area contributed by atoms with Crippen molar-refractivity contribution in [2.75, 3.05) is 18.2 Å². The third-order valence-electron chi connectivity index (χ3n) is 6.37. The number of fused-ring (bicyclic) bond motifs is 1. The molecule has 4 nitrogen and oxygen atoms in total. The van der Waals surface area contributed by atoms with E-state index in [0.717, 1.165) is 66.3 Å². The molecule has 1 aliphatic rings. The number of alkyl halides is 1. The van der Waals surface area contributed by atoms with Crippen LogP contribution < -0.4 is 10.1 Å². The molecule has 1 N–H and O–H groups in total. The van der Waals surface area contributed by atoms with Gasteiger partial charge in [0, 0.05) is 10.9 Å². The van der Waals surface area contributed by atoms with Crippen LogP contribution in [0.2, 0.25) is 0 Å². The van der Waals surface area contributed by atoms with E-state index < -0.39 is 15.4 Å². The van der Waals surface area contributed by atoms with Crippen LogP contribution in [0.15, 0.2) is 47.4 Å². The number of rotatable bonds is 9. The highest BCUT2D eigenvalue weighted by atomic mass is 79.9. The summed E-state index contributed by atoms with van der Waals surface area (Å²) < 4.78 is 33.2. The van der Waals surface area contributed by atoms with Crippen molar-refractivity contribution in [1.29, 1.82) is 0 Å². The van der Waals surface area contributed by atoms with Crippen LogP contribution in [0.4, 0.5) is 0 Å². The Hall–Kier alpha value is -1.37. The molecule has 0 radical (unpaired) electrons. The number of sulfone groups is 1. The van der Waals surface area contributed by atoms with E-state index in [-0.39, 0.29) is 11.8 Å². The van der Waals surface area contributed by atoms with Crippen LogP contribution in [0.1, 0.15) is 68.7 Å². The summed E-state index contributed by atoms with van der Waals surface area (Å²) in [4.78, 5) is 0.450. The molecule has 6 heteroatoms. The number of hydrogen-bond acceptors (Lipinski definition) is 4. The average Bonchev–Trinajstić information content (AvgIpc) is 2.88. The Labute approximate surface area is 195 Å². The second-order valence-corrected chi connectivity index (χ2v) is 11.2. The van der Waals surface area contributed by atoms with Crippen LogP contribution in [-0.4, -0.2) is 32.1 Å². The fraction of sp³-hybridized carbons (Fsp3) is 0.520. The molecule has 2 atom stereocenters. The Balaban J connectivity index is 2.23. The molecule has 1 aliphatic heterocycles. The quantitative estimate of drug-likeness (QED) is 0.433. The summed E-state index contributed by atoms with van der Waals surface area (Å²) in [7, 11) is -1.81. The van der Waals surface area contributed by atoms with Gasteiger partial charge in [-0.15, -0.1) is 0 Å². The van der Waals surface area contributed by atoms with Crippen molar-refractivity contribution in [1.82, 2.24) is 5.32 Å². The first-order valence-corrected chi connectivity index (χ1v) is 14.0. The van der Waals surface area contributed by atoms with Gasteiger partial charge in [0.25, 0.3) is 0 Å². The average molecular weight is 509 g/mol. The number of methoxy groups -OCH3 is 1. The predicted octanol–water partition coefficient (Wildman–Crippen LogP) is 5.83. The molecule has 0 aromatic heterocycles. The molecular weight excluding hydrogens is 474 g/mol. The zero-order valence-corrected chi connectivity index (χ0v) is 21.2. The molecule has 0 amide bonds. The summed E-state index contributed by atoms with van der Waals surface area (Å²) in [6.45, 7) is 4.25. The van der Waals surface area contributed by atoms with Gasteiger partial charge in [-0.1, -0.05) is 73.0 Å². The predicted molar refractivity (Wildman–Crippen MR) is 131 cm³/mol. The van der Waals surface area contributed by atoms with E-state index >= 15 is 0 Å². The lowest BCUT2D eigenvalue weighted by molar-refractivity contribution is 0.294. The molecule has 2 aromatic rings. The zero-order chi connectivity index (χ0) is 22.5. The second-order valence-electron chi connectivity index (χ2n) is 8.48. The fourth-order valence-corrected chi connectivity index (χ4v) is 7.02. The summed E-state index contributed by atoms with van der Waals surface area (Å²) in [5.41, 5.74) is 2.36. The molecule has 2 aromatic carbocycles. The van der Waals surface area contributed by atoms with Gasteiger partial charge >= 0.3 is 0 Å². The highest BCUT2D eigenvalue weighted by Crippen LogP contribution is 2.41. The van der Waals surface area contributed by atoms with Crippen molar-refractivity contribution in [2.24, 2.45) is 0 Å². The fourth-order valence-electron chi connectivity index (χ4n) is 4.57. The van der Waals surface area contributed by atoms with Crippen LogP contribution in [0.25, 0.3) is 0 Å². The number of ether oxygens (including phenoxy) is 1. The van der Waals surface area contributed by atoms with Gasteiger partial charge in [-0.3, -0.25) is 5.32 Å². The summed E-state index contributed by atoms with van der Waals surface area (Å²) in [5.74, 6) is 0.882. The molecule has 0 saturated heterocycles. The number of benzene rings is 2. The van der Waals surface area contributed by atoms with Gasteiger partial charge in [-0.25, -0.2) is 8.42 Å². The van der Waals surface area contributed by atoms with E-state index in [1.807, 2.05) is 30.3 Å². The largest absolute Gasteiger partial charge is 0.496 e. The van der Waals surface area contributed by atoms with Crippen LogP contribution in [0.3, 0.4) is 0 Å². The van der Waals surface area contributed by atoms with E-state index in [1.165, 1.54) is 0 Å². The lowest BCUT2D eigenvalue weighted by Crippen LogP contribution is -2.50. The van der Waals surface area contributed by atoms with Gasteiger partial charge in [-0.2, -0.15) is 0 Å². The summed E-state index contributed by atoms with van der Waals surface area (Å²) >= 11 is 3.48. The van der Waals surface area contributed by atoms with E-state index in [1.54, 1.807) is 7.11 Å². The summed E-state index contributed by atoms with van der Waals surface area (Å²) in [6, 6.07) is 13.8.